The number of likely N-dealkylation sites (N-methyl/N-ethyl adjacent to an activating group) is 1. The van der Waals surface area contributed by atoms with Crippen molar-refractivity contribution in [2.45, 2.75) is 45.3 Å². The quantitative estimate of drug-likeness (QED) is 0.861. The predicted octanol–water partition coefficient (Wildman–Crippen LogP) is 3.74. The average molecular weight is 288 g/mol. The van der Waals surface area contributed by atoms with Crippen LogP contribution >= 0.6 is 22.9 Å². The molecule has 0 aromatic carbocycles. The number of nitrogens with one attached hydrogen (secondary N) is 1. The van der Waals surface area contributed by atoms with Gasteiger partial charge in [0.1, 0.15) is 0 Å². The van der Waals surface area contributed by atoms with E-state index in [0.717, 1.165) is 30.3 Å². The van der Waals surface area contributed by atoms with Gasteiger partial charge in [0.15, 0.2) is 0 Å². The molecule has 4 heteroatoms. The Kier molecular flexibility index (Phi) is 5.49. The summed E-state index contributed by atoms with van der Waals surface area (Å²) in [6, 6.07) is 4.65. The van der Waals surface area contributed by atoms with Gasteiger partial charge >= 0.3 is 0 Å². The SMILES string of the molecule is CCNC(Cc1ccc(Cl)s1)C1CCOC1CC. The van der Waals surface area contributed by atoms with E-state index in [1.165, 1.54) is 11.3 Å². The van der Waals surface area contributed by atoms with Crippen molar-refractivity contribution >= 4 is 22.9 Å². The van der Waals surface area contributed by atoms with Crippen molar-refractivity contribution < 1.29 is 4.74 Å². The fraction of sp³-hybridized carbons (Fsp3) is 0.714. The fourth-order valence-electron chi connectivity index (χ4n) is 2.86. The van der Waals surface area contributed by atoms with Crippen LogP contribution in [0.4, 0.5) is 0 Å². The molecule has 0 amide bonds. The Hall–Kier alpha value is -0.0900. The number of hydrogen-bond acceptors (Lipinski definition) is 3. The summed E-state index contributed by atoms with van der Waals surface area (Å²) in [7, 11) is 0. The monoisotopic (exact) mass is 287 g/mol. The Balaban J connectivity index is 2.03. The summed E-state index contributed by atoms with van der Waals surface area (Å²) in [6.45, 7) is 6.31. The summed E-state index contributed by atoms with van der Waals surface area (Å²) in [5.74, 6) is 0.635. The molecule has 1 aromatic heterocycles. The van der Waals surface area contributed by atoms with E-state index in [9.17, 15) is 0 Å². The highest BCUT2D eigenvalue weighted by atomic mass is 35.5. The van der Waals surface area contributed by atoms with Gasteiger partial charge in [0.05, 0.1) is 10.4 Å². The van der Waals surface area contributed by atoms with E-state index in [4.69, 9.17) is 16.3 Å². The van der Waals surface area contributed by atoms with Crippen LogP contribution < -0.4 is 5.32 Å². The van der Waals surface area contributed by atoms with E-state index in [2.05, 4.69) is 25.2 Å². The molecule has 1 aliphatic rings. The molecule has 2 nitrogen and oxygen atoms in total. The lowest BCUT2D eigenvalue weighted by Crippen LogP contribution is -2.41. The number of thiophene rings is 1. The van der Waals surface area contributed by atoms with Crippen LogP contribution in [0, 0.1) is 5.92 Å². The molecule has 1 saturated heterocycles. The van der Waals surface area contributed by atoms with Crippen molar-refractivity contribution in [2.75, 3.05) is 13.2 Å². The minimum atomic E-state index is 0.421. The Morgan fingerprint density at radius 2 is 2.33 bits per heavy atom. The van der Waals surface area contributed by atoms with E-state index in [0.29, 0.717) is 18.1 Å². The van der Waals surface area contributed by atoms with Crippen LogP contribution in [0.2, 0.25) is 4.34 Å². The second-order valence-corrected chi connectivity index (χ2v) is 6.64. The maximum absolute atomic E-state index is 6.01. The van der Waals surface area contributed by atoms with Gasteiger partial charge in [0, 0.05) is 23.4 Å². The van der Waals surface area contributed by atoms with Crippen LogP contribution in [0.5, 0.6) is 0 Å². The third-order valence-corrected chi connectivity index (χ3v) is 4.95. The smallest absolute Gasteiger partial charge is 0.0931 e. The minimum absolute atomic E-state index is 0.421. The maximum atomic E-state index is 6.01. The van der Waals surface area contributed by atoms with E-state index < -0.39 is 0 Å². The molecule has 1 N–H and O–H groups in total. The van der Waals surface area contributed by atoms with Crippen molar-refractivity contribution in [3.63, 3.8) is 0 Å². The number of halogens is 1. The average Bonchev–Trinajstić information content (AvgIpc) is 2.97. The standard InChI is InChI=1S/C14H22ClNOS/c1-3-13-11(7-8-17-13)12(16-4-2)9-10-5-6-14(15)18-10/h5-6,11-13,16H,3-4,7-9H2,1-2H3. The zero-order valence-electron chi connectivity index (χ0n) is 11.1. The molecule has 0 saturated carbocycles. The largest absolute Gasteiger partial charge is 0.378 e. The van der Waals surface area contributed by atoms with Gasteiger partial charge in [-0.05, 0) is 37.9 Å². The summed E-state index contributed by atoms with van der Waals surface area (Å²) >= 11 is 7.70. The lowest BCUT2D eigenvalue weighted by atomic mass is 9.89. The molecule has 102 valence electrons. The van der Waals surface area contributed by atoms with Gasteiger partial charge in [0.25, 0.3) is 0 Å². The van der Waals surface area contributed by atoms with Crippen LogP contribution in [-0.4, -0.2) is 25.3 Å². The van der Waals surface area contributed by atoms with Gasteiger partial charge in [-0.1, -0.05) is 25.4 Å². The molecular formula is C14H22ClNOS. The van der Waals surface area contributed by atoms with Gasteiger partial charge in [-0.25, -0.2) is 0 Å². The van der Waals surface area contributed by atoms with Crippen LogP contribution in [0.1, 0.15) is 31.6 Å². The minimum Gasteiger partial charge on any atom is -0.378 e. The van der Waals surface area contributed by atoms with Crippen LogP contribution in [0.15, 0.2) is 12.1 Å². The van der Waals surface area contributed by atoms with Crippen LogP contribution in [0.3, 0.4) is 0 Å². The summed E-state index contributed by atoms with van der Waals surface area (Å²) in [4.78, 5) is 1.37. The normalized spacial score (nSPS) is 25.5. The highest BCUT2D eigenvalue weighted by Gasteiger charge is 2.33. The molecule has 1 aliphatic heterocycles. The third-order valence-electron chi connectivity index (χ3n) is 3.70. The molecule has 2 rings (SSSR count). The second-order valence-electron chi connectivity index (χ2n) is 4.84. The van der Waals surface area contributed by atoms with E-state index in [-0.39, 0.29) is 0 Å². The van der Waals surface area contributed by atoms with E-state index >= 15 is 0 Å². The first-order valence-corrected chi connectivity index (χ1v) is 8.03. The van der Waals surface area contributed by atoms with Gasteiger partial charge in [0.2, 0.25) is 0 Å². The van der Waals surface area contributed by atoms with E-state index in [1.807, 2.05) is 6.07 Å². The highest BCUT2D eigenvalue weighted by molar-refractivity contribution is 7.16. The molecule has 0 aliphatic carbocycles. The molecule has 18 heavy (non-hydrogen) atoms. The van der Waals surface area contributed by atoms with Crippen molar-refractivity contribution in [3.8, 4) is 0 Å². The second kappa shape index (κ2) is 6.90. The lowest BCUT2D eigenvalue weighted by Gasteiger charge is -2.27. The van der Waals surface area contributed by atoms with Gasteiger partial charge in [-0.2, -0.15) is 0 Å². The van der Waals surface area contributed by atoms with Gasteiger partial charge in [-0.15, -0.1) is 11.3 Å². The molecule has 3 atom stereocenters. The molecule has 1 fully saturated rings. The molecule has 0 bridgehead atoms. The Labute approximate surface area is 119 Å². The van der Waals surface area contributed by atoms with Crippen LogP contribution in [-0.2, 0) is 11.2 Å². The molecule has 0 radical (unpaired) electrons. The predicted molar refractivity (Wildman–Crippen MR) is 78.6 cm³/mol. The molecule has 0 spiro atoms. The first-order valence-electron chi connectivity index (χ1n) is 6.83. The first kappa shape index (κ1) is 14.3. The molecule has 2 heterocycles. The summed E-state index contributed by atoms with van der Waals surface area (Å²) in [6.07, 6.45) is 3.77. The first-order chi connectivity index (χ1) is 8.74. The van der Waals surface area contributed by atoms with Crippen LogP contribution in [0.25, 0.3) is 0 Å². The fourth-order valence-corrected chi connectivity index (χ4v) is 4.01. The highest BCUT2D eigenvalue weighted by Crippen LogP contribution is 2.30. The maximum Gasteiger partial charge on any atom is 0.0931 e. The number of ether oxygens (including phenoxy) is 1. The van der Waals surface area contributed by atoms with Crippen molar-refractivity contribution in [1.82, 2.24) is 5.32 Å². The molecule has 1 aromatic rings. The molecule has 3 unspecified atom stereocenters. The summed E-state index contributed by atoms with van der Waals surface area (Å²) in [5.41, 5.74) is 0. The summed E-state index contributed by atoms with van der Waals surface area (Å²) < 4.78 is 6.71. The number of rotatable bonds is 6. The van der Waals surface area contributed by atoms with Crippen molar-refractivity contribution in [1.29, 1.82) is 0 Å². The Bertz CT molecular complexity index is 368. The zero-order chi connectivity index (χ0) is 13.0. The summed E-state index contributed by atoms with van der Waals surface area (Å²) in [5, 5.41) is 3.63. The number of hydrogen-bond donors (Lipinski definition) is 1. The zero-order valence-corrected chi connectivity index (χ0v) is 12.7. The topological polar surface area (TPSA) is 21.3 Å². The third kappa shape index (κ3) is 3.47. The molecular weight excluding hydrogens is 266 g/mol. The van der Waals surface area contributed by atoms with Gasteiger partial charge in [-0.3, -0.25) is 0 Å². The van der Waals surface area contributed by atoms with E-state index in [1.54, 1.807) is 11.3 Å². The van der Waals surface area contributed by atoms with Crippen molar-refractivity contribution in [2.24, 2.45) is 5.92 Å². The Morgan fingerprint density at radius 1 is 1.50 bits per heavy atom. The van der Waals surface area contributed by atoms with Gasteiger partial charge < -0.3 is 10.1 Å². The van der Waals surface area contributed by atoms with Crippen molar-refractivity contribution in [3.05, 3.63) is 21.3 Å². The Morgan fingerprint density at radius 3 is 2.94 bits per heavy atom. The lowest BCUT2D eigenvalue weighted by molar-refractivity contribution is 0.0777.